The molecule has 6 nitrogen and oxygen atoms in total. The average molecular weight is 366 g/mol. The molecule has 132 valence electrons. The molecule has 0 spiro atoms. The lowest BCUT2D eigenvalue weighted by molar-refractivity contribution is -0.0379. The molecule has 0 saturated heterocycles. The summed E-state index contributed by atoms with van der Waals surface area (Å²) in [6, 6.07) is 7.01. The van der Waals surface area contributed by atoms with E-state index in [9.17, 15) is 5.11 Å². The lowest BCUT2D eigenvalue weighted by Gasteiger charge is -2.30. The first kappa shape index (κ1) is 15.7. The van der Waals surface area contributed by atoms with Crippen LogP contribution in [0.25, 0.3) is 27.3 Å². The molecule has 0 atom stereocenters. The average Bonchev–Trinajstić information content (AvgIpc) is 3.15. The van der Waals surface area contributed by atoms with Crippen molar-refractivity contribution in [2.45, 2.75) is 39.4 Å². The normalized spacial score (nSPS) is 16.3. The van der Waals surface area contributed by atoms with Gasteiger partial charge in [0.25, 0.3) is 0 Å². The van der Waals surface area contributed by atoms with Gasteiger partial charge in [0.2, 0.25) is 0 Å². The van der Waals surface area contributed by atoms with E-state index in [-0.39, 0.29) is 11.4 Å². The number of phenolic OH excluding ortho intramolecular Hbond substituents is 1. The van der Waals surface area contributed by atoms with E-state index >= 15 is 0 Å². The first-order valence-corrected chi connectivity index (χ1v) is 9.34. The Hall–Kier alpha value is -2.51. The topological polar surface area (TPSA) is 72.5 Å². The van der Waals surface area contributed by atoms with E-state index < -0.39 is 0 Å². The molecule has 7 heteroatoms. The van der Waals surface area contributed by atoms with Crippen molar-refractivity contribution in [2.24, 2.45) is 0 Å². The van der Waals surface area contributed by atoms with Crippen LogP contribution in [-0.4, -0.2) is 30.3 Å². The number of aryl methyl sites for hydroxylation is 1. The van der Waals surface area contributed by atoms with Gasteiger partial charge in [0.05, 0.1) is 17.6 Å². The number of thiophene rings is 1. The van der Waals surface area contributed by atoms with Gasteiger partial charge in [-0.3, -0.25) is 0 Å². The summed E-state index contributed by atoms with van der Waals surface area (Å²) in [4.78, 5) is 11.8. The maximum absolute atomic E-state index is 9.77. The predicted octanol–water partition coefficient (Wildman–Crippen LogP) is 3.87. The molecule has 4 heterocycles. The minimum Gasteiger partial charge on any atom is -0.508 e. The summed E-state index contributed by atoms with van der Waals surface area (Å²) in [7, 11) is 0. The van der Waals surface area contributed by atoms with Gasteiger partial charge in [-0.05, 0) is 38.5 Å². The van der Waals surface area contributed by atoms with Crippen molar-refractivity contribution in [3.8, 4) is 17.1 Å². The number of hydrogen-bond acceptors (Lipinski definition) is 6. The minimum absolute atomic E-state index is 0.197. The molecule has 0 amide bonds. The van der Waals surface area contributed by atoms with Crippen LogP contribution in [0.3, 0.4) is 0 Å². The van der Waals surface area contributed by atoms with Gasteiger partial charge >= 0.3 is 0 Å². The van der Waals surface area contributed by atoms with Gasteiger partial charge in [-0.2, -0.15) is 4.52 Å². The molecule has 0 unspecified atom stereocenters. The first-order chi connectivity index (χ1) is 12.4. The summed E-state index contributed by atoms with van der Waals surface area (Å²) in [5, 5.41) is 15.5. The molecule has 4 aromatic rings. The van der Waals surface area contributed by atoms with Crippen LogP contribution >= 0.6 is 11.3 Å². The molecule has 5 rings (SSSR count). The van der Waals surface area contributed by atoms with Crippen molar-refractivity contribution in [2.75, 3.05) is 0 Å². The van der Waals surface area contributed by atoms with Gasteiger partial charge < -0.3 is 9.84 Å². The zero-order valence-corrected chi connectivity index (χ0v) is 15.6. The van der Waals surface area contributed by atoms with Gasteiger partial charge in [0.15, 0.2) is 11.5 Å². The zero-order valence-electron chi connectivity index (χ0n) is 14.8. The standard InChI is InChI=1S/C19H18N4O2S/c1-10-20-18-15(13-8-19(2,3)25-9-14(13)26-18)17-21-16(22-23(10)17)11-5-4-6-12(24)7-11/h4-7,24H,8-9H2,1-3H3. The Labute approximate surface area is 154 Å². The smallest absolute Gasteiger partial charge is 0.182 e. The molecule has 0 radical (unpaired) electrons. The van der Waals surface area contributed by atoms with Crippen LogP contribution in [0.5, 0.6) is 5.75 Å². The molecule has 1 N–H and O–H groups in total. The second kappa shape index (κ2) is 5.25. The number of fused-ring (bicyclic) bond motifs is 5. The maximum Gasteiger partial charge on any atom is 0.182 e. The molecule has 0 saturated carbocycles. The van der Waals surface area contributed by atoms with Crippen LogP contribution in [0, 0.1) is 6.92 Å². The molecular formula is C19H18N4O2S. The molecule has 26 heavy (non-hydrogen) atoms. The lowest BCUT2D eigenvalue weighted by Crippen LogP contribution is -2.31. The third-order valence-corrected chi connectivity index (χ3v) is 5.87. The summed E-state index contributed by atoms with van der Waals surface area (Å²) in [6.45, 7) is 6.77. The monoisotopic (exact) mass is 366 g/mol. The number of ether oxygens (including phenoxy) is 1. The number of aromatic hydroxyl groups is 1. The van der Waals surface area contributed by atoms with Crippen LogP contribution in [0.1, 0.15) is 30.1 Å². The highest BCUT2D eigenvalue weighted by Gasteiger charge is 2.31. The fraction of sp³-hybridized carbons (Fsp3) is 0.316. The molecule has 0 aliphatic carbocycles. The Morgan fingerprint density at radius 2 is 2.12 bits per heavy atom. The van der Waals surface area contributed by atoms with E-state index in [1.54, 1.807) is 34.1 Å². The third-order valence-electron chi connectivity index (χ3n) is 4.77. The fourth-order valence-electron chi connectivity index (χ4n) is 3.51. The molecule has 1 aliphatic rings. The van der Waals surface area contributed by atoms with E-state index in [0.29, 0.717) is 12.4 Å². The van der Waals surface area contributed by atoms with Crippen LogP contribution < -0.4 is 0 Å². The molecule has 0 fully saturated rings. The SMILES string of the molecule is Cc1nc2sc3c(c2c2nc(-c4cccc(O)c4)nn12)CC(C)(C)OC3. The zero-order chi connectivity index (χ0) is 18.1. The second-order valence-electron chi connectivity index (χ2n) is 7.29. The maximum atomic E-state index is 9.77. The number of benzene rings is 1. The Morgan fingerprint density at radius 3 is 2.92 bits per heavy atom. The van der Waals surface area contributed by atoms with Gasteiger partial charge in [-0.15, -0.1) is 16.4 Å². The lowest BCUT2D eigenvalue weighted by atomic mass is 9.94. The highest BCUT2D eigenvalue weighted by molar-refractivity contribution is 7.19. The van der Waals surface area contributed by atoms with Gasteiger partial charge in [0, 0.05) is 16.9 Å². The van der Waals surface area contributed by atoms with Crippen molar-refractivity contribution in [3.63, 3.8) is 0 Å². The van der Waals surface area contributed by atoms with E-state index in [2.05, 4.69) is 18.9 Å². The van der Waals surface area contributed by atoms with E-state index in [0.717, 1.165) is 33.7 Å². The predicted molar refractivity (Wildman–Crippen MR) is 101 cm³/mol. The number of aromatic nitrogens is 4. The Balaban J connectivity index is 1.81. The number of phenols is 1. The highest BCUT2D eigenvalue weighted by atomic mass is 32.1. The van der Waals surface area contributed by atoms with Crippen LogP contribution in [0.4, 0.5) is 0 Å². The van der Waals surface area contributed by atoms with E-state index in [1.165, 1.54) is 10.4 Å². The molecule has 0 bridgehead atoms. The third kappa shape index (κ3) is 2.31. The number of nitrogens with zero attached hydrogens (tertiary/aromatic N) is 4. The summed E-state index contributed by atoms with van der Waals surface area (Å²) in [5.74, 6) is 1.59. The van der Waals surface area contributed by atoms with Crippen LogP contribution in [0.2, 0.25) is 0 Å². The Morgan fingerprint density at radius 1 is 1.27 bits per heavy atom. The van der Waals surface area contributed by atoms with Crippen molar-refractivity contribution in [1.29, 1.82) is 0 Å². The van der Waals surface area contributed by atoms with Crippen molar-refractivity contribution < 1.29 is 9.84 Å². The molecular weight excluding hydrogens is 348 g/mol. The van der Waals surface area contributed by atoms with Crippen LogP contribution in [-0.2, 0) is 17.8 Å². The Bertz CT molecular complexity index is 1180. The van der Waals surface area contributed by atoms with Crippen molar-refractivity contribution in [1.82, 2.24) is 19.6 Å². The first-order valence-electron chi connectivity index (χ1n) is 8.52. The van der Waals surface area contributed by atoms with Gasteiger partial charge in [0.1, 0.15) is 16.4 Å². The van der Waals surface area contributed by atoms with Gasteiger partial charge in [-0.1, -0.05) is 12.1 Å². The number of rotatable bonds is 1. The largest absolute Gasteiger partial charge is 0.508 e. The highest BCUT2D eigenvalue weighted by Crippen LogP contribution is 2.40. The summed E-state index contributed by atoms with van der Waals surface area (Å²) >= 11 is 1.68. The van der Waals surface area contributed by atoms with Crippen LogP contribution in [0.15, 0.2) is 24.3 Å². The minimum atomic E-state index is -0.197. The molecule has 1 aromatic carbocycles. The second-order valence-corrected chi connectivity index (χ2v) is 8.37. The summed E-state index contributed by atoms with van der Waals surface area (Å²) in [5.41, 5.74) is 2.68. The van der Waals surface area contributed by atoms with Crippen molar-refractivity contribution >= 4 is 27.2 Å². The van der Waals surface area contributed by atoms with E-state index in [1.807, 2.05) is 13.0 Å². The quantitative estimate of drug-likeness (QED) is 0.554. The van der Waals surface area contributed by atoms with Crippen molar-refractivity contribution in [3.05, 3.63) is 40.5 Å². The van der Waals surface area contributed by atoms with E-state index in [4.69, 9.17) is 14.7 Å². The number of hydrogen-bond donors (Lipinski definition) is 1. The summed E-state index contributed by atoms with van der Waals surface area (Å²) < 4.78 is 7.77. The Kier molecular flexibility index (Phi) is 3.17. The summed E-state index contributed by atoms with van der Waals surface area (Å²) in [6.07, 6.45) is 0.830. The fourth-order valence-corrected chi connectivity index (χ4v) is 4.65. The van der Waals surface area contributed by atoms with Gasteiger partial charge in [-0.25, -0.2) is 9.97 Å². The molecule has 3 aromatic heterocycles. The molecule has 1 aliphatic heterocycles.